The summed E-state index contributed by atoms with van der Waals surface area (Å²) in [5.74, 6) is 1.08. The van der Waals surface area contributed by atoms with Gasteiger partial charge in [-0.3, -0.25) is 4.79 Å². The number of nitrogens with two attached hydrogens (primary N) is 1. The smallest absolute Gasteiger partial charge is 0.227 e. The van der Waals surface area contributed by atoms with Gasteiger partial charge < -0.3 is 15.5 Å². The average Bonchev–Trinajstić information content (AvgIpc) is 3.04. The third kappa shape index (κ3) is 3.48. The van der Waals surface area contributed by atoms with Gasteiger partial charge in [0.1, 0.15) is 0 Å². The Hall–Kier alpha value is -0.610. The first-order chi connectivity index (χ1) is 9.15. The third-order valence-corrected chi connectivity index (χ3v) is 4.89. The molecule has 1 saturated heterocycles. The lowest BCUT2D eigenvalue weighted by atomic mass is 10.0. The summed E-state index contributed by atoms with van der Waals surface area (Å²) in [4.78, 5) is 17.0. The van der Waals surface area contributed by atoms with Crippen LogP contribution in [-0.4, -0.2) is 54.5 Å². The largest absolute Gasteiger partial charge is 0.342 e. The fourth-order valence-corrected chi connectivity index (χ4v) is 3.56. The number of amides is 1. The number of carbonyl (C=O) groups is 1. The fraction of sp³-hybridized carbons (Fsp3) is 0.933. The van der Waals surface area contributed by atoms with Gasteiger partial charge in [-0.25, -0.2) is 0 Å². The molecule has 2 fully saturated rings. The van der Waals surface area contributed by atoms with Crippen molar-refractivity contribution in [1.82, 2.24) is 9.80 Å². The molecule has 1 aliphatic heterocycles. The predicted molar refractivity (Wildman–Crippen MR) is 77.8 cm³/mol. The van der Waals surface area contributed by atoms with Crippen LogP contribution < -0.4 is 5.73 Å². The highest BCUT2D eigenvalue weighted by Gasteiger charge is 2.36. The quantitative estimate of drug-likeness (QED) is 0.817. The molecule has 1 amide bonds. The minimum absolute atomic E-state index is 0.104. The van der Waals surface area contributed by atoms with E-state index in [2.05, 4.69) is 23.6 Å². The van der Waals surface area contributed by atoms with Crippen LogP contribution in [0.3, 0.4) is 0 Å². The van der Waals surface area contributed by atoms with Crippen LogP contribution in [0, 0.1) is 11.8 Å². The number of likely N-dealkylation sites (tertiary alicyclic amines) is 1. The first-order valence-corrected chi connectivity index (χ1v) is 7.92. The fourth-order valence-electron chi connectivity index (χ4n) is 3.56. The highest BCUT2D eigenvalue weighted by molar-refractivity contribution is 5.80. The first-order valence-electron chi connectivity index (χ1n) is 7.92. The van der Waals surface area contributed by atoms with Crippen molar-refractivity contribution in [2.75, 3.05) is 32.7 Å². The molecule has 0 radical (unpaired) electrons. The van der Waals surface area contributed by atoms with Crippen LogP contribution in [-0.2, 0) is 4.79 Å². The summed E-state index contributed by atoms with van der Waals surface area (Å²) in [6.07, 6.45) is 4.29. The van der Waals surface area contributed by atoms with E-state index in [4.69, 9.17) is 5.73 Å². The van der Waals surface area contributed by atoms with Gasteiger partial charge in [0.05, 0.1) is 5.92 Å². The molecule has 19 heavy (non-hydrogen) atoms. The van der Waals surface area contributed by atoms with Crippen LogP contribution in [0.5, 0.6) is 0 Å². The standard InChI is InChI=1S/C15H29N3O/c1-3-17(4-2)10-12-8-9-18(11-12)15(19)13-6-5-7-14(13)16/h12-14H,3-11,16H2,1-2H3/t12-,13-,14+/m0/s1. The third-order valence-electron chi connectivity index (χ3n) is 4.89. The van der Waals surface area contributed by atoms with E-state index in [0.29, 0.717) is 11.8 Å². The van der Waals surface area contributed by atoms with Gasteiger partial charge in [-0.1, -0.05) is 20.3 Å². The van der Waals surface area contributed by atoms with Crippen molar-refractivity contribution in [3.63, 3.8) is 0 Å². The summed E-state index contributed by atoms with van der Waals surface area (Å²) in [6, 6.07) is 0.106. The van der Waals surface area contributed by atoms with Gasteiger partial charge in [0.25, 0.3) is 0 Å². The molecule has 2 aliphatic rings. The molecular weight excluding hydrogens is 238 g/mol. The van der Waals surface area contributed by atoms with E-state index in [9.17, 15) is 4.79 Å². The zero-order valence-corrected chi connectivity index (χ0v) is 12.5. The van der Waals surface area contributed by atoms with E-state index in [0.717, 1.165) is 58.4 Å². The Labute approximate surface area is 117 Å². The zero-order chi connectivity index (χ0) is 13.8. The maximum absolute atomic E-state index is 12.5. The van der Waals surface area contributed by atoms with Crippen LogP contribution >= 0.6 is 0 Å². The molecule has 0 aromatic rings. The van der Waals surface area contributed by atoms with Gasteiger partial charge in [0.15, 0.2) is 0 Å². The van der Waals surface area contributed by atoms with E-state index in [1.165, 1.54) is 0 Å². The maximum atomic E-state index is 12.5. The molecule has 0 aromatic carbocycles. The van der Waals surface area contributed by atoms with Crippen molar-refractivity contribution in [2.45, 2.75) is 45.6 Å². The van der Waals surface area contributed by atoms with Crippen molar-refractivity contribution >= 4 is 5.91 Å². The number of hydrogen-bond acceptors (Lipinski definition) is 3. The van der Waals surface area contributed by atoms with E-state index in [-0.39, 0.29) is 12.0 Å². The van der Waals surface area contributed by atoms with Crippen molar-refractivity contribution in [1.29, 1.82) is 0 Å². The van der Waals surface area contributed by atoms with Crippen molar-refractivity contribution in [3.8, 4) is 0 Å². The zero-order valence-electron chi connectivity index (χ0n) is 12.5. The Kier molecular flexibility index (Phi) is 5.22. The molecule has 3 atom stereocenters. The first kappa shape index (κ1) is 14.8. The van der Waals surface area contributed by atoms with Gasteiger partial charge in [-0.05, 0) is 38.3 Å². The number of carbonyl (C=O) groups excluding carboxylic acids is 1. The van der Waals surface area contributed by atoms with Gasteiger partial charge in [0.2, 0.25) is 5.91 Å². The molecule has 0 unspecified atom stereocenters. The second-order valence-electron chi connectivity index (χ2n) is 6.13. The second-order valence-corrected chi connectivity index (χ2v) is 6.13. The minimum Gasteiger partial charge on any atom is -0.342 e. The molecule has 2 rings (SSSR count). The van der Waals surface area contributed by atoms with E-state index in [1.54, 1.807) is 0 Å². The second kappa shape index (κ2) is 6.71. The topological polar surface area (TPSA) is 49.6 Å². The Morgan fingerprint density at radius 2 is 2.00 bits per heavy atom. The Bertz CT molecular complexity index is 304. The monoisotopic (exact) mass is 267 g/mol. The SMILES string of the molecule is CCN(CC)C[C@@H]1CCN(C(=O)[C@H]2CCC[C@H]2N)C1. The Balaban J connectivity index is 1.82. The molecule has 4 nitrogen and oxygen atoms in total. The van der Waals surface area contributed by atoms with Gasteiger partial charge in [-0.15, -0.1) is 0 Å². The highest BCUT2D eigenvalue weighted by Crippen LogP contribution is 2.28. The lowest BCUT2D eigenvalue weighted by molar-refractivity contribution is -0.134. The summed E-state index contributed by atoms with van der Waals surface area (Å²) >= 11 is 0. The van der Waals surface area contributed by atoms with Crippen LogP contribution in [0.2, 0.25) is 0 Å². The number of hydrogen-bond donors (Lipinski definition) is 1. The van der Waals surface area contributed by atoms with E-state index in [1.807, 2.05) is 0 Å². The summed E-state index contributed by atoms with van der Waals surface area (Å²) < 4.78 is 0. The van der Waals surface area contributed by atoms with Crippen LogP contribution in [0.25, 0.3) is 0 Å². The maximum Gasteiger partial charge on any atom is 0.227 e. The summed E-state index contributed by atoms with van der Waals surface area (Å²) in [6.45, 7) is 9.64. The van der Waals surface area contributed by atoms with Gasteiger partial charge in [0, 0.05) is 25.7 Å². The summed E-state index contributed by atoms with van der Waals surface area (Å²) in [7, 11) is 0. The number of nitrogens with zero attached hydrogens (tertiary/aromatic N) is 2. The van der Waals surface area contributed by atoms with Crippen molar-refractivity contribution in [2.24, 2.45) is 17.6 Å². The predicted octanol–water partition coefficient (Wildman–Crippen LogP) is 1.30. The number of rotatable bonds is 5. The lowest BCUT2D eigenvalue weighted by Gasteiger charge is -2.25. The molecule has 1 aliphatic carbocycles. The van der Waals surface area contributed by atoms with E-state index >= 15 is 0 Å². The molecular formula is C15H29N3O. The molecule has 1 saturated carbocycles. The Morgan fingerprint density at radius 3 is 2.58 bits per heavy atom. The van der Waals surface area contributed by atoms with Crippen LogP contribution in [0.4, 0.5) is 0 Å². The minimum atomic E-state index is 0.104. The van der Waals surface area contributed by atoms with Crippen LogP contribution in [0.1, 0.15) is 39.5 Å². The molecule has 0 bridgehead atoms. The van der Waals surface area contributed by atoms with Gasteiger partial charge in [-0.2, -0.15) is 0 Å². The Morgan fingerprint density at radius 1 is 1.26 bits per heavy atom. The summed E-state index contributed by atoms with van der Waals surface area (Å²) in [5.41, 5.74) is 6.05. The highest BCUT2D eigenvalue weighted by atomic mass is 16.2. The molecule has 0 aromatic heterocycles. The molecule has 0 spiro atoms. The van der Waals surface area contributed by atoms with E-state index < -0.39 is 0 Å². The molecule has 2 N–H and O–H groups in total. The van der Waals surface area contributed by atoms with Gasteiger partial charge >= 0.3 is 0 Å². The lowest BCUT2D eigenvalue weighted by Crippen LogP contribution is -2.41. The summed E-state index contributed by atoms with van der Waals surface area (Å²) in [5, 5.41) is 0. The molecule has 1 heterocycles. The van der Waals surface area contributed by atoms with Crippen molar-refractivity contribution < 1.29 is 4.79 Å². The average molecular weight is 267 g/mol. The van der Waals surface area contributed by atoms with Crippen LogP contribution in [0.15, 0.2) is 0 Å². The molecule has 4 heteroatoms. The molecule has 110 valence electrons. The normalized spacial score (nSPS) is 31.4. The van der Waals surface area contributed by atoms with Crippen molar-refractivity contribution in [3.05, 3.63) is 0 Å².